The first kappa shape index (κ1) is 23.5. The fourth-order valence-electron chi connectivity index (χ4n) is 3.47. The minimum absolute atomic E-state index is 0.0579. The zero-order valence-corrected chi connectivity index (χ0v) is 18.4. The zero-order valence-electron chi connectivity index (χ0n) is 17.6. The van der Waals surface area contributed by atoms with Crippen LogP contribution in [0.3, 0.4) is 0 Å². The highest BCUT2D eigenvalue weighted by molar-refractivity contribution is 7.89. The molecule has 10 nitrogen and oxygen atoms in total. The van der Waals surface area contributed by atoms with Gasteiger partial charge in [0.25, 0.3) is 0 Å². The minimum atomic E-state index is -3.73. The first-order valence-electron chi connectivity index (χ1n) is 10.0. The van der Waals surface area contributed by atoms with Crippen molar-refractivity contribution in [1.82, 2.24) is 14.8 Å². The van der Waals surface area contributed by atoms with Crippen LogP contribution in [-0.4, -0.2) is 54.2 Å². The molecule has 11 heteroatoms. The lowest BCUT2D eigenvalue weighted by molar-refractivity contribution is -0.139. The van der Waals surface area contributed by atoms with Crippen LogP contribution in [0.1, 0.15) is 35.9 Å². The summed E-state index contributed by atoms with van der Waals surface area (Å²) in [6.07, 6.45) is 1.50. The normalized spacial score (nSPS) is 17.6. The summed E-state index contributed by atoms with van der Waals surface area (Å²) in [6.45, 7) is 5.58. The molecule has 172 valence electrons. The third kappa shape index (κ3) is 5.35. The lowest BCUT2D eigenvalue weighted by Crippen LogP contribution is -2.42. The van der Waals surface area contributed by atoms with Crippen LogP contribution >= 0.6 is 0 Å². The molecule has 1 aromatic carbocycles. The molecule has 1 amide bonds. The number of carbonyl (C=O) groups excluding carboxylic acids is 1. The molecule has 0 aliphatic carbocycles. The molecule has 2 atom stereocenters. The Labute approximate surface area is 185 Å². The number of nitrogens with one attached hydrogen (secondary N) is 1. The van der Waals surface area contributed by atoms with E-state index < -0.39 is 34.2 Å². The Morgan fingerprint density at radius 2 is 2.12 bits per heavy atom. The van der Waals surface area contributed by atoms with Gasteiger partial charge in [0.2, 0.25) is 10.0 Å². The van der Waals surface area contributed by atoms with Crippen molar-refractivity contribution in [1.29, 1.82) is 0 Å². The highest BCUT2D eigenvalue weighted by Crippen LogP contribution is 2.36. The fourth-order valence-corrected chi connectivity index (χ4v) is 5.14. The molecular formula is C21H25N3O7S. The third-order valence-electron chi connectivity index (χ3n) is 5.08. The molecule has 0 bridgehead atoms. The van der Waals surface area contributed by atoms with Crippen LogP contribution < -0.4 is 5.32 Å². The van der Waals surface area contributed by atoms with E-state index in [9.17, 15) is 23.1 Å². The number of carboxylic acids is 1. The van der Waals surface area contributed by atoms with Gasteiger partial charge in [-0.25, -0.2) is 18.0 Å². The van der Waals surface area contributed by atoms with Gasteiger partial charge in [-0.3, -0.25) is 0 Å². The van der Waals surface area contributed by atoms with Gasteiger partial charge in [-0.1, -0.05) is 35.5 Å². The van der Waals surface area contributed by atoms with E-state index in [1.165, 1.54) is 16.4 Å². The average molecular weight is 464 g/mol. The minimum Gasteiger partial charge on any atom is -0.480 e. The second-order valence-corrected chi connectivity index (χ2v) is 9.32. The molecule has 2 heterocycles. The van der Waals surface area contributed by atoms with Crippen LogP contribution in [0, 0.1) is 6.92 Å². The van der Waals surface area contributed by atoms with Gasteiger partial charge in [0.1, 0.15) is 24.1 Å². The highest BCUT2D eigenvalue weighted by Gasteiger charge is 2.38. The van der Waals surface area contributed by atoms with Crippen LogP contribution in [0.4, 0.5) is 4.79 Å². The summed E-state index contributed by atoms with van der Waals surface area (Å²) in [5.41, 5.74) is 1.35. The molecule has 0 spiro atoms. The second-order valence-electron chi connectivity index (χ2n) is 7.43. The highest BCUT2D eigenvalue weighted by atomic mass is 32.2. The monoisotopic (exact) mass is 463 g/mol. The van der Waals surface area contributed by atoms with Crippen LogP contribution in [0.25, 0.3) is 0 Å². The van der Waals surface area contributed by atoms with E-state index >= 15 is 0 Å². The molecule has 1 aliphatic rings. The van der Waals surface area contributed by atoms with Gasteiger partial charge < -0.3 is 19.7 Å². The van der Waals surface area contributed by atoms with Crippen molar-refractivity contribution in [3.8, 4) is 0 Å². The molecule has 1 aromatic heterocycles. The summed E-state index contributed by atoms with van der Waals surface area (Å²) in [4.78, 5) is 23.4. The number of aromatic nitrogens is 1. The maximum Gasteiger partial charge on any atom is 0.408 e. The van der Waals surface area contributed by atoms with Crippen molar-refractivity contribution in [2.45, 2.75) is 43.2 Å². The van der Waals surface area contributed by atoms with E-state index in [-0.39, 0.29) is 23.7 Å². The van der Waals surface area contributed by atoms with Crippen molar-refractivity contribution in [2.24, 2.45) is 0 Å². The SMILES string of the molecule is C=CCOC(=O)NC(Cc1cc(C2CCCN2S(=O)(=O)c2ccc(C)cc2)no1)C(=O)O. The molecule has 1 saturated heterocycles. The Hall–Kier alpha value is -3.18. The van der Waals surface area contributed by atoms with Gasteiger partial charge in [0.15, 0.2) is 0 Å². The number of amides is 1. The summed E-state index contributed by atoms with van der Waals surface area (Å²) >= 11 is 0. The molecule has 2 N–H and O–H groups in total. The summed E-state index contributed by atoms with van der Waals surface area (Å²) in [7, 11) is -3.73. The number of rotatable bonds is 9. The number of hydrogen-bond acceptors (Lipinski definition) is 7. The number of aryl methyl sites for hydroxylation is 1. The van der Waals surface area contributed by atoms with Crippen molar-refractivity contribution < 1.29 is 32.4 Å². The standard InChI is InChI=1S/C21H25N3O7S/c1-3-11-30-21(27)22-18(20(25)26)13-15-12-17(23-31-15)19-5-4-10-24(19)32(28,29)16-8-6-14(2)7-9-16/h3,6-9,12,18-19H,1,4-5,10-11,13H2,2H3,(H,22,27)(H,25,26). The van der Waals surface area contributed by atoms with Crippen molar-refractivity contribution in [3.63, 3.8) is 0 Å². The zero-order chi connectivity index (χ0) is 23.3. The van der Waals surface area contributed by atoms with Crippen molar-refractivity contribution >= 4 is 22.1 Å². The Kier molecular flexibility index (Phi) is 7.31. The number of nitrogens with zero attached hydrogens (tertiary/aromatic N) is 2. The molecule has 0 radical (unpaired) electrons. The molecule has 1 aliphatic heterocycles. The number of carboxylic acid groups (broad SMARTS) is 1. The molecule has 2 unspecified atom stereocenters. The number of aliphatic carboxylic acids is 1. The van der Waals surface area contributed by atoms with Crippen molar-refractivity contribution in [2.75, 3.05) is 13.2 Å². The number of hydrogen-bond donors (Lipinski definition) is 2. The maximum absolute atomic E-state index is 13.1. The summed E-state index contributed by atoms with van der Waals surface area (Å²) in [5, 5.41) is 15.6. The van der Waals surface area contributed by atoms with Crippen LogP contribution in [0.5, 0.6) is 0 Å². The first-order chi connectivity index (χ1) is 15.2. The fraction of sp³-hybridized carbons (Fsp3) is 0.381. The largest absolute Gasteiger partial charge is 0.480 e. The number of sulfonamides is 1. The quantitative estimate of drug-likeness (QED) is 0.541. The second kappa shape index (κ2) is 9.96. The van der Waals surface area contributed by atoms with Gasteiger partial charge >= 0.3 is 12.1 Å². The van der Waals surface area contributed by atoms with Gasteiger partial charge in [0, 0.05) is 19.0 Å². The van der Waals surface area contributed by atoms with Gasteiger partial charge in [-0.2, -0.15) is 4.31 Å². The summed E-state index contributed by atoms with van der Waals surface area (Å²) in [6, 6.07) is 6.33. The third-order valence-corrected chi connectivity index (χ3v) is 7.00. The van der Waals surface area contributed by atoms with E-state index in [0.717, 1.165) is 5.56 Å². The van der Waals surface area contributed by atoms with Gasteiger partial charge in [-0.15, -0.1) is 0 Å². The topological polar surface area (TPSA) is 139 Å². The lowest BCUT2D eigenvalue weighted by Gasteiger charge is -2.22. The molecule has 1 fully saturated rings. The first-order valence-corrected chi connectivity index (χ1v) is 11.5. The number of benzene rings is 1. The molecule has 32 heavy (non-hydrogen) atoms. The molecule has 2 aromatic rings. The predicted molar refractivity (Wildman–Crippen MR) is 113 cm³/mol. The average Bonchev–Trinajstić information content (AvgIpc) is 3.41. The van der Waals surface area contributed by atoms with E-state index in [1.54, 1.807) is 24.3 Å². The van der Waals surface area contributed by atoms with Crippen LogP contribution in [0.15, 0.2) is 52.4 Å². The number of alkyl carbamates (subject to hydrolysis) is 1. The Balaban J connectivity index is 1.74. The van der Waals surface area contributed by atoms with Gasteiger partial charge in [0.05, 0.1) is 10.9 Å². The maximum atomic E-state index is 13.1. The molecule has 3 rings (SSSR count). The molecular weight excluding hydrogens is 438 g/mol. The van der Waals surface area contributed by atoms with Gasteiger partial charge in [-0.05, 0) is 31.9 Å². The Bertz CT molecular complexity index is 1080. The van der Waals surface area contributed by atoms with E-state index in [1.807, 2.05) is 6.92 Å². The Morgan fingerprint density at radius 3 is 2.78 bits per heavy atom. The van der Waals surface area contributed by atoms with E-state index in [2.05, 4.69) is 17.1 Å². The smallest absolute Gasteiger partial charge is 0.408 e. The molecule has 0 saturated carbocycles. The van der Waals surface area contributed by atoms with E-state index in [4.69, 9.17) is 9.26 Å². The lowest BCUT2D eigenvalue weighted by atomic mass is 10.1. The van der Waals surface area contributed by atoms with Crippen molar-refractivity contribution in [3.05, 3.63) is 60.0 Å². The van der Waals surface area contributed by atoms with Crippen LogP contribution in [0.2, 0.25) is 0 Å². The van der Waals surface area contributed by atoms with Crippen LogP contribution in [-0.2, 0) is 26.0 Å². The van der Waals surface area contributed by atoms with E-state index in [0.29, 0.717) is 25.1 Å². The summed E-state index contributed by atoms with van der Waals surface area (Å²) < 4.78 is 37.7. The summed E-state index contributed by atoms with van der Waals surface area (Å²) in [5.74, 6) is -1.07. The predicted octanol–water partition coefficient (Wildman–Crippen LogP) is 2.42. The number of ether oxygens (including phenoxy) is 1. The number of carbonyl (C=O) groups is 2. The Morgan fingerprint density at radius 1 is 1.41 bits per heavy atom.